The monoisotopic (exact) mass is 389 g/mol. The summed E-state index contributed by atoms with van der Waals surface area (Å²) < 4.78 is 2.40. The Kier molecular flexibility index (Phi) is 7.03. The van der Waals surface area contributed by atoms with Crippen LogP contribution in [0.15, 0.2) is 12.1 Å². The predicted octanol–water partition coefficient (Wildman–Crippen LogP) is 2.99. The molecule has 0 aromatic carbocycles. The van der Waals surface area contributed by atoms with Gasteiger partial charge in [-0.05, 0) is 44.5 Å². The number of carbonyl (C=O) groups is 1. The molecular weight excluding hydrogens is 369 g/mol. The number of thiophene rings is 1. The first-order chi connectivity index (χ1) is 11.1. The minimum atomic E-state index is -0.0538. The van der Waals surface area contributed by atoms with E-state index in [2.05, 4.69) is 20.7 Å². The Hall–Kier alpha value is -1.15. The van der Waals surface area contributed by atoms with E-state index < -0.39 is 0 Å². The number of nitrogens with zero attached hydrogens (tertiary/aromatic N) is 3. The molecule has 0 unspecified atom stereocenters. The fourth-order valence-corrected chi connectivity index (χ4v) is 3.76. The molecule has 0 spiro atoms. The zero-order valence-electron chi connectivity index (χ0n) is 13.4. The Morgan fingerprint density at radius 1 is 1.46 bits per heavy atom. The number of piperidine rings is 1. The van der Waals surface area contributed by atoms with Crippen LogP contribution < -0.4 is 10.6 Å². The van der Waals surface area contributed by atoms with E-state index in [1.54, 1.807) is 4.68 Å². The highest BCUT2D eigenvalue weighted by molar-refractivity contribution is 7.16. The summed E-state index contributed by atoms with van der Waals surface area (Å²) in [5.41, 5.74) is 0. The summed E-state index contributed by atoms with van der Waals surface area (Å²) in [4.78, 5) is 17.7. The molecule has 2 aromatic rings. The Balaban J connectivity index is 0.00000208. The first-order valence-electron chi connectivity index (χ1n) is 7.77. The van der Waals surface area contributed by atoms with Gasteiger partial charge in [0.25, 0.3) is 0 Å². The van der Waals surface area contributed by atoms with Gasteiger partial charge in [0.15, 0.2) is 5.82 Å². The van der Waals surface area contributed by atoms with Crippen molar-refractivity contribution in [1.29, 1.82) is 0 Å². The number of aryl methyl sites for hydroxylation is 2. The van der Waals surface area contributed by atoms with Gasteiger partial charge in [0.05, 0.1) is 4.34 Å². The predicted molar refractivity (Wildman–Crippen MR) is 99.4 cm³/mol. The van der Waals surface area contributed by atoms with Gasteiger partial charge in [-0.25, -0.2) is 4.68 Å². The van der Waals surface area contributed by atoms with E-state index in [0.29, 0.717) is 24.7 Å². The first kappa shape index (κ1) is 19.2. The van der Waals surface area contributed by atoms with Gasteiger partial charge in [0.1, 0.15) is 0 Å². The SMILES string of the molecule is Cl.Cn1nc(C2CCNCC2)nc1NC(=O)CCc1ccc(Cl)s1. The van der Waals surface area contributed by atoms with Crippen molar-refractivity contribution < 1.29 is 4.79 Å². The Morgan fingerprint density at radius 3 is 2.88 bits per heavy atom. The highest BCUT2D eigenvalue weighted by Crippen LogP contribution is 2.24. The third kappa shape index (κ3) is 4.92. The van der Waals surface area contributed by atoms with E-state index in [1.165, 1.54) is 11.3 Å². The minimum Gasteiger partial charge on any atom is -0.317 e. The maximum absolute atomic E-state index is 12.1. The third-order valence-corrected chi connectivity index (χ3v) is 5.25. The number of hydrogen-bond acceptors (Lipinski definition) is 5. The van der Waals surface area contributed by atoms with Crippen molar-refractivity contribution in [3.05, 3.63) is 27.2 Å². The summed E-state index contributed by atoms with van der Waals surface area (Å²) in [7, 11) is 1.81. The van der Waals surface area contributed by atoms with Crippen LogP contribution in [0.3, 0.4) is 0 Å². The molecule has 1 aliphatic rings. The molecule has 9 heteroatoms. The molecule has 132 valence electrons. The van der Waals surface area contributed by atoms with Crippen LogP contribution in [0.5, 0.6) is 0 Å². The average molecular weight is 390 g/mol. The van der Waals surface area contributed by atoms with Gasteiger partial charge in [-0.1, -0.05) is 11.6 Å². The number of anilines is 1. The van der Waals surface area contributed by atoms with Crippen molar-refractivity contribution in [2.75, 3.05) is 18.4 Å². The van der Waals surface area contributed by atoms with Gasteiger partial charge in [-0.3, -0.25) is 10.1 Å². The molecular formula is C15H21Cl2N5OS. The second kappa shape index (κ2) is 8.80. The zero-order valence-corrected chi connectivity index (χ0v) is 15.8. The Morgan fingerprint density at radius 2 is 2.21 bits per heavy atom. The molecule has 3 heterocycles. The summed E-state index contributed by atoms with van der Waals surface area (Å²) in [5.74, 6) is 1.67. The van der Waals surface area contributed by atoms with Crippen molar-refractivity contribution in [3.8, 4) is 0 Å². The van der Waals surface area contributed by atoms with Gasteiger partial charge >= 0.3 is 0 Å². The number of halogens is 2. The van der Waals surface area contributed by atoms with Crippen molar-refractivity contribution in [1.82, 2.24) is 20.1 Å². The molecule has 1 fully saturated rings. The highest BCUT2D eigenvalue weighted by atomic mass is 35.5. The summed E-state index contributed by atoms with van der Waals surface area (Å²) in [5, 5.41) is 10.6. The second-order valence-electron chi connectivity index (χ2n) is 5.70. The molecule has 2 aromatic heterocycles. The standard InChI is InChI=1S/C15H20ClN5OS.ClH/c1-21-15(19-14(20-21)10-6-8-17-9-7-10)18-13(22)5-3-11-2-4-12(16)23-11;/h2,4,10,17H,3,5-9H2,1H3,(H,18,19,20,22);1H. The average Bonchev–Trinajstić information content (AvgIpc) is 3.13. The second-order valence-corrected chi connectivity index (χ2v) is 7.50. The number of rotatable bonds is 5. The number of nitrogens with one attached hydrogen (secondary N) is 2. The van der Waals surface area contributed by atoms with Gasteiger partial charge in [0.2, 0.25) is 11.9 Å². The maximum Gasteiger partial charge on any atom is 0.227 e. The van der Waals surface area contributed by atoms with Crippen molar-refractivity contribution in [3.63, 3.8) is 0 Å². The minimum absolute atomic E-state index is 0. The smallest absolute Gasteiger partial charge is 0.227 e. The molecule has 6 nitrogen and oxygen atoms in total. The van der Waals surface area contributed by atoms with Crippen molar-refractivity contribution in [2.24, 2.45) is 7.05 Å². The lowest BCUT2D eigenvalue weighted by Crippen LogP contribution is -2.27. The quantitative estimate of drug-likeness (QED) is 0.824. The largest absolute Gasteiger partial charge is 0.317 e. The van der Waals surface area contributed by atoms with Crippen molar-refractivity contribution >= 4 is 47.2 Å². The van der Waals surface area contributed by atoms with Crippen LogP contribution in [0.2, 0.25) is 4.34 Å². The van der Waals surface area contributed by atoms with E-state index in [9.17, 15) is 4.79 Å². The molecule has 24 heavy (non-hydrogen) atoms. The zero-order chi connectivity index (χ0) is 16.2. The van der Waals surface area contributed by atoms with Gasteiger partial charge in [0, 0.05) is 24.3 Å². The topological polar surface area (TPSA) is 71.8 Å². The van der Waals surface area contributed by atoms with Gasteiger partial charge < -0.3 is 5.32 Å². The van der Waals surface area contributed by atoms with Crippen LogP contribution in [-0.4, -0.2) is 33.8 Å². The van der Waals surface area contributed by atoms with Gasteiger partial charge in [-0.2, -0.15) is 10.1 Å². The Labute approximate surface area is 156 Å². The molecule has 2 N–H and O–H groups in total. The Bertz CT molecular complexity index is 681. The lowest BCUT2D eigenvalue weighted by Gasteiger charge is -2.19. The van der Waals surface area contributed by atoms with Crippen molar-refractivity contribution in [2.45, 2.75) is 31.6 Å². The highest BCUT2D eigenvalue weighted by Gasteiger charge is 2.21. The normalized spacial score (nSPS) is 15.1. The molecule has 3 rings (SSSR count). The number of carbonyl (C=O) groups excluding carboxylic acids is 1. The van der Waals surface area contributed by atoms with Gasteiger partial charge in [-0.15, -0.1) is 23.7 Å². The molecule has 1 saturated heterocycles. The van der Waals surface area contributed by atoms with E-state index in [-0.39, 0.29) is 18.3 Å². The van der Waals surface area contributed by atoms with E-state index in [0.717, 1.165) is 41.0 Å². The molecule has 0 aliphatic carbocycles. The van der Waals surface area contributed by atoms with E-state index in [1.807, 2.05) is 19.2 Å². The van der Waals surface area contributed by atoms with Crippen LogP contribution in [0.4, 0.5) is 5.95 Å². The third-order valence-electron chi connectivity index (χ3n) is 3.96. The summed E-state index contributed by atoms with van der Waals surface area (Å²) in [6.07, 6.45) is 3.17. The van der Waals surface area contributed by atoms with E-state index in [4.69, 9.17) is 11.6 Å². The lowest BCUT2D eigenvalue weighted by atomic mass is 9.98. The number of aromatic nitrogens is 3. The molecule has 0 radical (unpaired) electrons. The van der Waals surface area contributed by atoms with Crippen LogP contribution in [0.25, 0.3) is 0 Å². The van der Waals surface area contributed by atoms with E-state index >= 15 is 0 Å². The lowest BCUT2D eigenvalue weighted by molar-refractivity contribution is -0.116. The number of hydrogen-bond donors (Lipinski definition) is 2. The van der Waals surface area contributed by atoms with Crippen LogP contribution >= 0.6 is 35.3 Å². The molecule has 0 bridgehead atoms. The molecule has 0 atom stereocenters. The summed E-state index contributed by atoms with van der Waals surface area (Å²) in [6, 6.07) is 3.81. The maximum atomic E-state index is 12.1. The fourth-order valence-electron chi connectivity index (χ4n) is 2.68. The molecule has 1 aliphatic heterocycles. The summed E-state index contributed by atoms with van der Waals surface area (Å²) >= 11 is 7.40. The van der Waals surface area contributed by atoms with Crippen LogP contribution in [-0.2, 0) is 18.3 Å². The summed E-state index contributed by atoms with van der Waals surface area (Å²) in [6.45, 7) is 1.99. The molecule has 0 saturated carbocycles. The molecule has 1 amide bonds. The number of amides is 1. The first-order valence-corrected chi connectivity index (χ1v) is 8.97. The fraction of sp³-hybridized carbons (Fsp3) is 0.533. The van der Waals surface area contributed by atoms with Crippen LogP contribution in [0, 0.1) is 0 Å². The van der Waals surface area contributed by atoms with Crippen LogP contribution in [0.1, 0.15) is 35.9 Å².